The average molecular weight is 328 g/mol. The number of para-hydroxylation sites is 1. The molecule has 0 saturated heterocycles. The second kappa shape index (κ2) is 6.89. The zero-order valence-electron chi connectivity index (χ0n) is 12.8. The van der Waals surface area contributed by atoms with Crippen LogP contribution >= 0.6 is 0 Å². The number of rotatable bonds is 4. The van der Waals surface area contributed by atoms with E-state index in [4.69, 9.17) is 10.8 Å². The number of amides is 1. The molecule has 3 aromatic rings. The average Bonchev–Trinajstić information content (AvgIpc) is 2.63. The molecular weight excluding hydrogens is 304 g/mol. The summed E-state index contributed by atoms with van der Waals surface area (Å²) in [6.07, 6.45) is 1.52. The van der Waals surface area contributed by atoms with Gasteiger partial charge in [-0.05, 0) is 17.7 Å². The number of aliphatic hydroxyl groups excluding tert-OH is 1. The summed E-state index contributed by atoms with van der Waals surface area (Å²) >= 11 is 0. The Morgan fingerprint density at radius 1 is 1.12 bits per heavy atom. The van der Waals surface area contributed by atoms with Gasteiger partial charge >= 0.3 is 0 Å². The quantitative estimate of drug-likeness (QED) is 0.681. The summed E-state index contributed by atoms with van der Waals surface area (Å²) in [6, 6.07) is 16.3. The number of nitrogen functional groups attached to an aromatic ring is 1. The Hall–Kier alpha value is -3.25. The van der Waals surface area contributed by atoms with Gasteiger partial charge in [0, 0.05) is 17.0 Å². The van der Waals surface area contributed by atoms with Crippen LogP contribution < -0.4 is 11.1 Å². The summed E-state index contributed by atoms with van der Waals surface area (Å²) in [4.78, 5) is 20.8. The molecule has 1 heterocycles. The first-order valence-electron chi connectivity index (χ1n) is 7.36. The first kappa shape index (κ1) is 15.6. The van der Waals surface area contributed by atoms with Crippen molar-refractivity contribution in [2.75, 3.05) is 11.1 Å². The minimum absolute atomic E-state index is 0. The number of hydrogen-bond acceptors (Lipinski definition) is 5. The van der Waals surface area contributed by atoms with Crippen LogP contribution in [0.3, 0.4) is 0 Å². The fourth-order valence-corrected chi connectivity index (χ4v) is 2.20. The number of carbonyl (C=O) groups excluding carboxylic acids is 1. The summed E-state index contributed by atoms with van der Waals surface area (Å²) in [5.74, 6) is -0.348. The van der Waals surface area contributed by atoms with Gasteiger partial charge in [0.2, 0.25) is 0 Å². The Balaban J connectivity index is 0. The van der Waals surface area contributed by atoms with Crippen molar-refractivity contribution in [3.8, 4) is 11.3 Å². The van der Waals surface area contributed by atoms with E-state index in [2.05, 4.69) is 15.3 Å². The normalized spacial score (nSPS) is 10.4. The Labute approximate surface area is 144 Å². The Kier molecular flexibility index (Phi) is 4.49. The van der Waals surface area contributed by atoms with Crippen molar-refractivity contribution in [2.45, 2.75) is 6.61 Å². The molecule has 3 rings (SSSR count). The molecule has 0 atom stereocenters. The summed E-state index contributed by atoms with van der Waals surface area (Å²) in [7, 11) is 0. The lowest BCUT2D eigenvalue weighted by atomic mass is 10.1. The maximum absolute atomic E-state index is 12.4. The number of aliphatic hydroxyl groups is 1. The zero-order valence-corrected chi connectivity index (χ0v) is 12.8. The van der Waals surface area contributed by atoms with E-state index in [0.717, 1.165) is 11.1 Å². The minimum Gasteiger partial charge on any atom is -0.392 e. The molecule has 128 valence electrons. The molecule has 2 aromatic carbocycles. The Morgan fingerprint density at radius 2 is 1.83 bits per heavy atom. The zero-order chi connectivity index (χ0) is 16.9. The van der Waals surface area contributed by atoms with Crippen molar-refractivity contribution in [3.63, 3.8) is 0 Å². The highest BCUT2D eigenvalue weighted by Gasteiger charge is 2.15. The highest BCUT2D eigenvalue weighted by atomic mass is 16.3. The predicted molar refractivity (Wildman–Crippen MR) is 101 cm³/mol. The maximum Gasteiger partial charge on any atom is 0.278 e. The summed E-state index contributed by atoms with van der Waals surface area (Å²) in [6.45, 7) is -0.0293. The van der Waals surface area contributed by atoms with Crippen LogP contribution in [0.25, 0.3) is 11.3 Å². The molecule has 0 spiro atoms. The molecule has 0 aliphatic rings. The largest absolute Gasteiger partial charge is 0.392 e. The third kappa shape index (κ3) is 3.39. The molecule has 0 saturated carbocycles. The van der Waals surface area contributed by atoms with Crippen LogP contribution in [0.4, 0.5) is 11.5 Å². The molecule has 6 heteroatoms. The van der Waals surface area contributed by atoms with Crippen LogP contribution in [0.2, 0.25) is 0 Å². The lowest BCUT2D eigenvalue weighted by Crippen LogP contribution is -2.17. The summed E-state index contributed by atoms with van der Waals surface area (Å²) < 4.78 is 0. The fourth-order valence-electron chi connectivity index (χ4n) is 2.20. The lowest BCUT2D eigenvalue weighted by Gasteiger charge is -2.08. The van der Waals surface area contributed by atoms with E-state index in [1.54, 1.807) is 24.3 Å². The second-order valence-corrected chi connectivity index (χ2v) is 5.16. The van der Waals surface area contributed by atoms with Crippen LogP contribution in [-0.2, 0) is 6.61 Å². The van der Waals surface area contributed by atoms with E-state index in [9.17, 15) is 4.79 Å². The number of aromatic nitrogens is 2. The van der Waals surface area contributed by atoms with Gasteiger partial charge < -0.3 is 16.2 Å². The first-order chi connectivity index (χ1) is 11.7. The van der Waals surface area contributed by atoms with Gasteiger partial charge in [-0.25, -0.2) is 9.97 Å². The topological polar surface area (TPSA) is 101 Å². The van der Waals surface area contributed by atoms with Gasteiger partial charge in [0.25, 0.3) is 5.91 Å². The van der Waals surface area contributed by atoms with Gasteiger partial charge in [0.15, 0.2) is 11.5 Å². The van der Waals surface area contributed by atoms with E-state index >= 15 is 0 Å². The number of benzene rings is 2. The molecule has 0 unspecified atom stereocenters. The monoisotopic (exact) mass is 328 g/mol. The van der Waals surface area contributed by atoms with Gasteiger partial charge in [-0.15, -0.1) is 0 Å². The number of nitrogens with zero attached hydrogens (tertiary/aromatic N) is 2. The fraction of sp³-hybridized carbons (Fsp3) is 0.0556. The number of anilines is 2. The van der Waals surface area contributed by atoms with Crippen molar-refractivity contribution >= 4 is 17.4 Å². The highest BCUT2D eigenvalue weighted by molar-refractivity contribution is 6.05. The van der Waals surface area contributed by atoms with Crippen molar-refractivity contribution in [2.24, 2.45) is 0 Å². The van der Waals surface area contributed by atoms with Gasteiger partial charge in [-0.2, -0.15) is 0 Å². The van der Waals surface area contributed by atoms with Crippen LogP contribution in [0, 0.1) is 0 Å². The second-order valence-electron chi connectivity index (χ2n) is 5.16. The first-order valence-corrected chi connectivity index (χ1v) is 7.36. The third-order valence-electron chi connectivity index (χ3n) is 3.48. The smallest absolute Gasteiger partial charge is 0.278 e. The summed E-state index contributed by atoms with van der Waals surface area (Å²) in [5, 5.41) is 11.8. The van der Waals surface area contributed by atoms with Crippen LogP contribution in [-0.4, -0.2) is 21.0 Å². The van der Waals surface area contributed by atoms with Crippen molar-refractivity contribution < 1.29 is 15.6 Å². The SMILES string of the molecule is Nc1ncc(-c2ccc(CO)cc2)nc1C(=O)Nc1ccccc1.[HH].[HH].[HH].[HH]. The third-order valence-corrected chi connectivity index (χ3v) is 3.48. The van der Waals surface area contributed by atoms with Gasteiger partial charge in [-0.3, -0.25) is 4.79 Å². The molecule has 0 bridgehead atoms. The van der Waals surface area contributed by atoms with Gasteiger partial charge in [0.1, 0.15) is 0 Å². The van der Waals surface area contributed by atoms with Crippen LogP contribution in [0.5, 0.6) is 0 Å². The Bertz CT molecular complexity index is 865. The van der Waals surface area contributed by atoms with Gasteiger partial charge in [0.05, 0.1) is 18.5 Å². The molecule has 0 aliphatic carbocycles. The Morgan fingerprint density at radius 3 is 2.50 bits per heavy atom. The summed E-state index contributed by atoms with van der Waals surface area (Å²) in [5.41, 5.74) is 8.64. The van der Waals surface area contributed by atoms with E-state index in [1.807, 2.05) is 30.3 Å². The highest BCUT2D eigenvalue weighted by Crippen LogP contribution is 2.20. The molecule has 4 N–H and O–H groups in total. The number of carbonyl (C=O) groups is 1. The number of nitrogens with two attached hydrogens (primary N) is 1. The molecule has 0 fully saturated rings. The molecule has 0 aliphatic heterocycles. The molecule has 6 nitrogen and oxygen atoms in total. The van der Waals surface area contributed by atoms with Crippen LogP contribution in [0.15, 0.2) is 60.8 Å². The standard InChI is InChI=1S/C18H16N4O2.4H2/c19-17-16(18(24)21-14-4-2-1-3-5-14)22-15(10-20-17)13-8-6-12(11-23)7-9-13;;;;/h1-10,23H,11H2,(H2,19,20)(H,21,24);4*1H. The molecular formula is C18H24N4O2. The van der Waals surface area contributed by atoms with E-state index in [0.29, 0.717) is 11.4 Å². The number of hydrogen-bond donors (Lipinski definition) is 3. The lowest BCUT2D eigenvalue weighted by molar-refractivity contribution is 0.102. The number of nitrogens with one attached hydrogen (secondary N) is 1. The van der Waals surface area contributed by atoms with E-state index in [1.165, 1.54) is 6.20 Å². The van der Waals surface area contributed by atoms with E-state index in [-0.39, 0.29) is 23.8 Å². The van der Waals surface area contributed by atoms with Crippen molar-refractivity contribution in [1.29, 1.82) is 0 Å². The van der Waals surface area contributed by atoms with Crippen molar-refractivity contribution in [3.05, 3.63) is 72.1 Å². The van der Waals surface area contributed by atoms with Crippen LogP contribution in [0.1, 0.15) is 21.8 Å². The van der Waals surface area contributed by atoms with Crippen molar-refractivity contribution in [1.82, 2.24) is 9.97 Å². The van der Waals surface area contributed by atoms with Gasteiger partial charge in [-0.1, -0.05) is 42.5 Å². The molecule has 24 heavy (non-hydrogen) atoms. The predicted octanol–water partition coefficient (Wildman–Crippen LogP) is 3.45. The maximum atomic E-state index is 12.4. The van der Waals surface area contributed by atoms with E-state index < -0.39 is 5.91 Å². The molecule has 1 amide bonds. The molecule has 0 radical (unpaired) electrons. The molecule has 1 aromatic heterocycles. The minimum atomic E-state index is -0.417.